The van der Waals surface area contributed by atoms with Crippen LogP contribution in [0.5, 0.6) is 0 Å². The predicted molar refractivity (Wildman–Crippen MR) is 99.7 cm³/mol. The summed E-state index contributed by atoms with van der Waals surface area (Å²) in [7, 11) is -3.71. The van der Waals surface area contributed by atoms with Crippen LogP contribution < -0.4 is 10.2 Å². The van der Waals surface area contributed by atoms with Crippen molar-refractivity contribution in [1.82, 2.24) is 4.98 Å². The number of rotatable bonds is 5. The molecule has 0 amide bonds. The van der Waals surface area contributed by atoms with Crippen LogP contribution in [0.2, 0.25) is 5.02 Å². The van der Waals surface area contributed by atoms with Crippen molar-refractivity contribution < 1.29 is 13.3 Å². The molecule has 3 rings (SSSR count). The molecule has 138 valence electrons. The largest absolute Gasteiger partial charge is 0.380 e. The van der Waals surface area contributed by atoms with E-state index < -0.39 is 20.4 Å². The molecule has 10 heteroatoms. The van der Waals surface area contributed by atoms with Gasteiger partial charge < -0.3 is 10.2 Å². The Balaban J connectivity index is 1.78. The Bertz CT molecular complexity index is 951. The summed E-state index contributed by atoms with van der Waals surface area (Å²) in [5.74, 6) is 0.707. The van der Waals surface area contributed by atoms with E-state index in [9.17, 15) is 18.5 Å². The lowest BCUT2D eigenvalue weighted by molar-refractivity contribution is -0.387. The van der Waals surface area contributed by atoms with Gasteiger partial charge in [0.05, 0.1) is 9.95 Å². The van der Waals surface area contributed by atoms with Crippen LogP contribution in [0.25, 0.3) is 0 Å². The van der Waals surface area contributed by atoms with Crippen LogP contribution in [-0.4, -0.2) is 43.7 Å². The summed E-state index contributed by atoms with van der Waals surface area (Å²) < 4.78 is 23.7. The van der Waals surface area contributed by atoms with Gasteiger partial charge in [-0.3, -0.25) is 10.1 Å². The van der Waals surface area contributed by atoms with Gasteiger partial charge >= 0.3 is 0 Å². The highest BCUT2D eigenvalue weighted by molar-refractivity contribution is 7.90. The summed E-state index contributed by atoms with van der Waals surface area (Å²) in [5, 5.41) is 14.9. The van der Waals surface area contributed by atoms with Crippen molar-refractivity contribution in [1.29, 1.82) is 0 Å². The standard InChI is InChI=1S/C16H17ClN4O4S/c1-26(24,25)15-9-11(4-5-14(15)21(22)23)19-12-6-8-20(10-12)16-13(17)3-2-7-18-16/h2-5,7,9,12,19H,6,8,10H2,1H3. The minimum absolute atomic E-state index is 0.0435. The average molecular weight is 397 g/mol. The number of halogens is 1. The number of hydrogen-bond donors (Lipinski definition) is 1. The Kier molecular flexibility index (Phi) is 5.01. The highest BCUT2D eigenvalue weighted by Gasteiger charge is 2.27. The molecule has 1 fully saturated rings. The first-order chi connectivity index (χ1) is 12.3. The summed E-state index contributed by atoms with van der Waals surface area (Å²) in [6.07, 6.45) is 3.44. The van der Waals surface area contributed by atoms with Crippen LogP contribution in [0.1, 0.15) is 6.42 Å². The van der Waals surface area contributed by atoms with Gasteiger partial charge in [0.1, 0.15) is 10.7 Å². The Morgan fingerprint density at radius 1 is 1.38 bits per heavy atom. The average Bonchev–Trinajstić information content (AvgIpc) is 3.02. The first-order valence-corrected chi connectivity index (χ1v) is 10.1. The van der Waals surface area contributed by atoms with Gasteiger partial charge in [0.25, 0.3) is 5.69 Å². The first kappa shape index (κ1) is 18.4. The van der Waals surface area contributed by atoms with E-state index >= 15 is 0 Å². The maximum atomic E-state index is 11.9. The molecule has 1 unspecified atom stereocenters. The summed E-state index contributed by atoms with van der Waals surface area (Å²) in [6.45, 7) is 1.39. The van der Waals surface area contributed by atoms with Gasteiger partial charge in [0.15, 0.2) is 9.84 Å². The molecule has 1 saturated heterocycles. The monoisotopic (exact) mass is 396 g/mol. The third kappa shape index (κ3) is 3.88. The smallest absolute Gasteiger partial charge is 0.288 e. The van der Waals surface area contributed by atoms with Gasteiger partial charge in [-0.05, 0) is 30.7 Å². The van der Waals surface area contributed by atoms with Crippen LogP contribution >= 0.6 is 11.6 Å². The van der Waals surface area contributed by atoms with E-state index in [-0.39, 0.29) is 10.9 Å². The number of benzene rings is 1. The maximum absolute atomic E-state index is 11.9. The van der Waals surface area contributed by atoms with Crippen LogP contribution in [0, 0.1) is 10.1 Å². The van der Waals surface area contributed by atoms with Gasteiger partial charge in [-0.2, -0.15) is 0 Å². The molecule has 2 aromatic rings. The summed E-state index contributed by atoms with van der Waals surface area (Å²) in [6, 6.07) is 7.62. The van der Waals surface area contributed by atoms with Gasteiger partial charge in [0.2, 0.25) is 0 Å². The van der Waals surface area contributed by atoms with Crippen LogP contribution in [0.4, 0.5) is 17.2 Å². The van der Waals surface area contributed by atoms with Gasteiger partial charge in [-0.1, -0.05) is 11.6 Å². The zero-order valence-corrected chi connectivity index (χ0v) is 15.5. The lowest BCUT2D eigenvalue weighted by Gasteiger charge is -2.19. The normalized spacial score (nSPS) is 17.3. The molecule has 0 spiro atoms. The molecule has 8 nitrogen and oxygen atoms in total. The summed E-state index contributed by atoms with van der Waals surface area (Å²) in [4.78, 5) is 16.4. The zero-order valence-electron chi connectivity index (χ0n) is 13.9. The molecule has 1 atom stereocenters. The van der Waals surface area contributed by atoms with Crippen molar-refractivity contribution in [3.05, 3.63) is 51.7 Å². The maximum Gasteiger partial charge on any atom is 0.288 e. The minimum atomic E-state index is -3.71. The van der Waals surface area contributed by atoms with Crippen LogP contribution in [-0.2, 0) is 9.84 Å². The van der Waals surface area contributed by atoms with Crippen molar-refractivity contribution in [2.75, 3.05) is 29.6 Å². The quantitative estimate of drug-likeness (QED) is 0.611. The van der Waals surface area contributed by atoms with Gasteiger partial charge in [-0.25, -0.2) is 13.4 Å². The second-order valence-corrected chi connectivity index (χ2v) is 8.49. The van der Waals surface area contributed by atoms with Crippen molar-refractivity contribution >= 4 is 38.6 Å². The van der Waals surface area contributed by atoms with Crippen LogP contribution in [0.3, 0.4) is 0 Å². The first-order valence-electron chi connectivity index (χ1n) is 7.86. The van der Waals surface area contributed by atoms with Crippen molar-refractivity contribution in [3.8, 4) is 0 Å². The topological polar surface area (TPSA) is 105 Å². The second-order valence-electron chi connectivity index (χ2n) is 6.10. The number of pyridine rings is 1. The summed E-state index contributed by atoms with van der Waals surface area (Å²) in [5.41, 5.74) is 0.0985. The number of nitro benzene ring substituents is 1. The fourth-order valence-corrected chi connectivity index (χ4v) is 4.07. The SMILES string of the molecule is CS(=O)(=O)c1cc(NC2CCN(c3ncccc3Cl)C2)ccc1[N+](=O)[O-]. The van der Waals surface area contributed by atoms with Crippen molar-refractivity contribution in [3.63, 3.8) is 0 Å². The zero-order chi connectivity index (χ0) is 18.9. The molecule has 0 radical (unpaired) electrons. The van der Waals surface area contributed by atoms with E-state index in [0.29, 0.717) is 23.1 Å². The third-order valence-corrected chi connectivity index (χ3v) is 5.57. The molecular weight excluding hydrogens is 380 g/mol. The van der Waals surface area contributed by atoms with Gasteiger partial charge in [-0.15, -0.1) is 0 Å². The van der Waals surface area contributed by atoms with E-state index in [4.69, 9.17) is 11.6 Å². The second kappa shape index (κ2) is 7.08. The molecule has 1 aromatic carbocycles. The van der Waals surface area contributed by atoms with E-state index in [1.54, 1.807) is 18.3 Å². The molecule has 1 N–H and O–H groups in total. The Labute approximate surface area is 155 Å². The van der Waals surface area contributed by atoms with E-state index in [1.807, 2.05) is 4.90 Å². The number of nitrogens with zero attached hydrogens (tertiary/aromatic N) is 3. The Morgan fingerprint density at radius 2 is 2.15 bits per heavy atom. The molecule has 0 aliphatic carbocycles. The number of sulfone groups is 1. The molecule has 26 heavy (non-hydrogen) atoms. The molecular formula is C16H17ClN4O4S. The molecule has 0 bridgehead atoms. The van der Waals surface area contributed by atoms with Crippen molar-refractivity contribution in [2.24, 2.45) is 0 Å². The van der Waals surface area contributed by atoms with E-state index in [2.05, 4.69) is 10.3 Å². The number of nitrogens with one attached hydrogen (secondary N) is 1. The summed E-state index contributed by atoms with van der Waals surface area (Å²) >= 11 is 6.18. The lowest BCUT2D eigenvalue weighted by atomic mass is 10.2. The van der Waals surface area contributed by atoms with E-state index in [0.717, 1.165) is 19.2 Å². The number of anilines is 2. The van der Waals surface area contributed by atoms with E-state index in [1.165, 1.54) is 18.2 Å². The molecule has 2 heterocycles. The highest BCUT2D eigenvalue weighted by atomic mass is 35.5. The molecule has 1 aromatic heterocycles. The fraction of sp³-hybridized carbons (Fsp3) is 0.312. The Morgan fingerprint density at radius 3 is 2.81 bits per heavy atom. The third-order valence-electron chi connectivity index (χ3n) is 4.15. The molecule has 1 aliphatic rings. The van der Waals surface area contributed by atoms with Gasteiger partial charge in [0, 0.05) is 43.3 Å². The highest BCUT2D eigenvalue weighted by Crippen LogP contribution is 2.30. The number of aromatic nitrogens is 1. The fourth-order valence-electron chi connectivity index (χ4n) is 2.97. The van der Waals surface area contributed by atoms with Crippen LogP contribution in [0.15, 0.2) is 41.4 Å². The number of nitro groups is 1. The molecule has 1 aliphatic heterocycles. The lowest BCUT2D eigenvalue weighted by Crippen LogP contribution is -2.26. The number of hydrogen-bond acceptors (Lipinski definition) is 7. The van der Waals surface area contributed by atoms with Crippen molar-refractivity contribution in [2.45, 2.75) is 17.4 Å². The predicted octanol–water partition coefficient (Wildman–Crippen LogP) is 2.74. The molecule has 0 saturated carbocycles. The Hall–Kier alpha value is -2.39. The minimum Gasteiger partial charge on any atom is -0.380 e.